The maximum Gasteiger partial charge on any atom is 0.193 e. The van der Waals surface area contributed by atoms with E-state index in [1.54, 1.807) is 6.08 Å². The maximum atomic E-state index is 11.1. The molecule has 4 heteroatoms. The summed E-state index contributed by atoms with van der Waals surface area (Å²) in [6.07, 6.45) is 2.10. The average molecular weight is 183 g/mol. The van der Waals surface area contributed by atoms with E-state index in [0.717, 1.165) is 32.2 Å². The zero-order valence-electron chi connectivity index (χ0n) is 7.49. The molecule has 0 unspecified atom stereocenters. The molecule has 13 heavy (non-hydrogen) atoms. The summed E-state index contributed by atoms with van der Waals surface area (Å²) in [5.74, 6) is 0.882. The number of carbonyl (C=O) groups is 1. The van der Waals surface area contributed by atoms with Gasteiger partial charge in [-0.2, -0.15) is 0 Å². The highest BCUT2D eigenvalue weighted by Crippen LogP contribution is 2.13. The quantitative estimate of drug-likeness (QED) is 0.580. The van der Waals surface area contributed by atoms with E-state index >= 15 is 0 Å². The second-order valence-electron chi connectivity index (χ2n) is 3.15. The number of allylic oxidation sites excluding steroid dienone is 1. The van der Waals surface area contributed by atoms with Crippen molar-refractivity contribution in [2.75, 3.05) is 32.9 Å². The zero-order valence-corrected chi connectivity index (χ0v) is 7.49. The van der Waals surface area contributed by atoms with Gasteiger partial charge in [0.15, 0.2) is 11.7 Å². The molecule has 0 saturated carbocycles. The molecule has 0 N–H and O–H groups in total. The number of hydrogen-bond acceptors (Lipinski definition) is 4. The molecule has 0 spiro atoms. The van der Waals surface area contributed by atoms with Gasteiger partial charge in [-0.3, -0.25) is 4.79 Å². The summed E-state index contributed by atoms with van der Waals surface area (Å²) >= 11 is 0. The van der Waals surface area contributed by atoms with Crippen LogP contribution in [0, 0.1) is 0 Å². The first-order valence-corrected chi connectivity index (χ1v) is 4.56. The third-order valence-electron chi connectivity index (χ3n) is 2.21. The Bertz CT molecular complexity index is 231. The van der Waals surface area contributed by atoms with Crippen molar-refractivity contribution < 1.29 is 14.3 Å². The molecule has 0 amide bonds. The third kappa shape index (κ3) is 2.01. The summed E-state index contributed by atoms with van der Waals surface area (Å²) in [6, 6.07) is 0. The summed E-state index contributed by atoms with van der Waals surface area (Å²) in [5.41, 5.74) is 0. The van der Waals surface area contributed by atoms with Crippen molar-refractivity contribution >= 4 is 5.78 Å². The largest absolute Gasteiger partial charge is 0.478 e. The highest BCUT2D eigenvalue weighted by atomic mass is 16.5. The van der Waals surface area contributed by atoms with E-state index in [2.05, 4.69) is 4.90 Å². The molecule has 0 aromatic carbocycles. The van der Waals surface area contributed by atoms with Gasteiger partial charge in [0.2, 0.25) is 0 Å². The molecule has 72 valence electrons. The Hall–Kier alpha value is -1.03. The summed E-state index contributed by atoms with van der Waals surface area (Å²) in [7, 11) is 0. The first-order chi connectivity index (χ1) is 6.36. The van der Waals surface area contributed by atoms with Gasteiger partial charge >= 0.3 is 0 Å². The lowest BCUT2D eigenvalue weighted by Crippen LogP contribution is -2.37. The normalized spacial score (nSPS) is 23.8. The van der Waals surface area contributed by atoms with Crippen LogP contribution in [0.3, 0.4) is 0 Å². The van der Waals surface area contributed by atoms with E-state index in [1.807, 2.05) is 0 Å². The molecule has 2 aliphatic heterocycles. The minimum absolute atomic E-state index is 0.160. The Morgan fingerprint density at radius 2 is 2.00 bits per heavy atom. The highest BCUT2D eigenvalue weighted by molar-refractivity contribution is 5.90. The molecule has 0 bridgehead atoms. The molecule has 1 saturated heterocycles. The minimum atomic E-state index is 0.160. The van der Waals surface area contributed by atoms with E-state index in [-0.39, 0.29) is 5.78 Å². The fourth-order valence-electron chi connectivity index (χ4n) is 1.47. The van der Waals surface area contributed by atoms with Gasteiger partial charge in [0, 0.05) is 25.6 Å². The molecule has 0 aliphatic carbocycles. The molecule has 2 heterocycles. The first kappa shape index (κ1) is 8.56. The van der Waals surface area contributed by atoms with E-state index in [1.165, 1.54) is 0 Å². The van der Waals surface area contributed by atoms with Crippen LogP contribution in [0.2, 0.25) is 0 Å². The third-order valence-corrected chi connectivity index (χ3v) is 2.21. The molecule has 0 aromatic rings. The predicted molar refractivity (Wildman–Crippen MR) is 46.1 cm³/mol. The van der Waals surface area contributed by atoms with E-state index < -0.39 is 0 Å². The van der Waals surface area contributed by atoms with Crippen LogP contribution in [0.25, 0.3) is 0 Å². The highest BCUT2D eigenvalue weighted by Gasteiger charge is 2.19. The molecule has 0 radical (unpaired) electrons. The van der Waals surface area contributed by atoms with Gasteiger partial charge < -0.3 is 14.4 Å². The van der Waals surface area contributed by atoms with Crippen molar-refractivity contribution in [2.45, 2.75) is 6.42 Å². The van der Waals surface area contributed by atoms with Gasteiger partial charge in [0.25, 0.3) is 0 Å². The molecule has 1 fully saturated rings. The van der Waals surface area contributed by atoms with Crippen LogP contribution < -0.4 is 0 Å². The van der Waals surface area contributed by atoms with E-state index in [4.69, 9.17) is 9.47 Å². The number of morpholine rings is 1. The van der Waals surface area contributed by atoms with Gasteiger partial charge in [-0.15, -0.1) is 0 Å². The van der Waals surface area contributed by atoms with Crippen molar-refractivity contribution in [3.8, 4) is 0 Å². The van der Waals surface area contributed by atoms with Gasteiger partial charge in [-0.25, -0.2) is 0 Å². The Kier molecular flexibility index (Phi) is 2.49. The minimum Gasteiger partial charge on any atom is -0.478 e. The Morgan fingerprint density at radius 1 is 1.23 bits per heavy atom. The predicted octanol–water partition coefficient (Wildman–Crippen LogP) is 0.149. The Labute approximate surface area is 77.1 Å². The maximum absolute atomic E-state index is 11.1. The number of ketones is 1. The van der Waals surface area contributed by atoms with Crippen molar-refractivity contribution in [3.63, 3.8) is 0 Å². The summed E-state index contributed by atoms with van der Waals surface area (Å²) in [5, 5.41) is 0. The van der Waals surface area contributed by atoms with Crippen LogP contribution in [0.15, 0.2) is 12.0 Å². The van der Waals surface area contributed by atoms with Crippen LogP contribution in [0.4, 0.5) is 0 Å². The van der Waals surface area contributed by atoms with Crippen LogP contribution >= 0.6 is 0 Å². The number of rotatable bonds is 1. The topological polar surface area (TPSA) is 38.8 Å². The average Bonchev–Trinajstić information content (AvgIpc) is 2.19. The number of nitrogens with zero attached hydrogens (tertiary/aromatic N) is 1. The molecule has 0 atom stereocenters. The van der Waals surface area contributed by atoms with E-state index in [0.29, 0.717) is 13.0 Å². The lowest BCUT2D eigenvalue weighted by Gasteiger charge is -2.31. The SMILES string of the molecule is O=C1C=C(N2CCOCC2)OCC1. The van der Waals surface area contributed by atoms with Crippen LogP contribution in [0.5, 0.6) is 0 Å². The standard InChI is InChI=1S/C9H13NO3/c11-8-1-4-13-9(7-8)10-2-5-12-6-3-10/h7H,1-6H2. The molecule has 4 nitrogen and oxygen atoms in total. The Balaban J connectivity index is 2.01. The molecule has 2 rings (SSSR count). The summed E-state index contributed by atoms with van der Waals surface area (Å²) in [6.45, 7) is 3.59. The van der Waals surface area contributed by atoms with Crippen molar-refractivity contribution in [3.05, 3.63) is 12.0 Å². The Morgan fingerprint density at radius 3 is 2.69 bits per heavy atom. The van der Waals surface area contributed by atoms with Gasteiger partial charge in [-0.05, 0) is 0 Å². The van der Waals surface area contributed by atoms with Crippen molar-refractivity contribution in [2.24, 2.45) is 0 Å². The van der Waals surface area contributed by atoms with Gasteiger partial charge in [0.1, 0.15) is 0 Å². The van der Waals surface area contributed by atoms with Crippen LogP contribution in [-0.2, 0) is 14.3 Å². The zero-order chi connectivity index (χ0) is 9.10. The second kappa shape index (κ2) is 3.79. The smallest absolute Gasteiger partial charge is 0.193 e. The van der Waals surface area contributed by atoms with E-state index in [9.17, 15) is 4.79 Å². The van der Waals surface area contributed by atoms with Crippen LogP contribution in [0.1, 0.15) is 6.42 Å². The van der Waals surface area contributed by atoms with Gasteiger partial charge in [-0.1, -0.05) is 0 Å². The van der Waals surface area contributed by atoms with Crippen LogP contribution in [-0.4, -0.2) is 43.6 Å². The number of ether oxygens (including phenoxy) is 2. The summed E-state index contributed by atoms with van der Waals surface area (Å²) < 4.78 is 10.6. The van der Waals surface area contributed by atoms with Crippen molar-refractivity contribution in [1.29, 1.82) is 0 Å². The molecule has 0 aromatic heterocycles. The van der Waals surface area contributed by atoms with Gasteiger partial charge in [0.05, 0.1) is 19.8 Å². The molecular weight excluding hydrogens is 170 g/mol. The molecule has 2 aliphatic rings. The fraction of sp³-hybridized carbons (Fsp3) is 0.667. The lowest BCUT2D eigenvalue weighted by molar-refractivity contribution is -0.117. The monoisotopic (exact) mass is 183 g/mol. The first-order valence-electron chi connectivity index (χ1n) is 4.56. The number of carbonyl (C=O) groups excluding carboxylic acids is 1. The lowest BCUT2D eigenvalue weighted by atomic mass is 10.2. The number of hydrogen-bond donors (Lipinski definition) is 0. The fourth-order valence-corrected chi connectivity index (χ4v) is 1.47. The molecular formula is C9H13NO3. The second-order valence-corrected chi connectivity index (χ2v) is 3.15. The summed E-state index contributed by atoms with van der Waals surface area (Å²) in [4.78, 5) is 13.2. The van der Waals surface area contributed by atoms with Crippen molar-refractivity contribution in [1.82, 2.24) is 4.90 Å².